The van der Waals surface area contributed by atoms with E-state index in [0.717, 1.165) is 5.56 Å². The van der Waals surface area contributed by atoms with Crippen LogP contribution in [0.4, 0.5) is 0 Å². The van der Waals surface area contributed by atoms with E-state index in [1.807, 2.05) is 6.92 Å². The van der Waals surface area contributed by atoms with Gasteiger partial charge in [-0.25, -0.2) is 19.6 Å². The van der Waals surface area contributed by atoms with Crippen molar-refractivity contribution in [1.29, 1.82) is 5.41 Å². The average Bonchev–Trinajstić information content (AvgIpc) is 2.99. The molecule has 3 rings (SSSR count). The molecule has 0 spiro atoms. The molecule has 3 N–H and O–H groups in total. The normalized spacial score (nSPS) is 12.7. The zero-order chi connectivity index (χ0) is 22.1. The predicted octanol–water partition coefficient (Wildman–Crippen LogP) is 2.88. The Hall–Kier alpha value is -3.49. The van der Waals surface area contributed by atoms with Crippen molar-refractivity contribution in [2.75, 3.05) is 0 Å². The summed E-state index contributed by atoms with van der Waals surface area (Å²) < 4.78 is 6.69. The quantitative estimate of drug-likeness (QED) is 0.422. The second-order valence-corrected chi connectivity index (χ2v) is 8.04. The van der Waals surface area contributed by atoms with E-state index in [-0.39, 0.29) is 18.0 Å². The lowest BCUT2D eigenvalue weighted by Crippen LogP contribution is -2.35. The van der Waals surface area contributed by atoms with Gasteiger partial charge in [0, 0.05) is 18.0 Å². The van der Waals surface area contributed by atoms with Crippen LogP contribution in [0, 0.1) is 11.3 Å². The summed E-state index contributed by atoms with van der Waals surface area (Å²) >= 11 is 0. The smallest absolute Gasteiger partial charge is 0.352 e. The van der Waals surface area contributed by atoms with E-state index in [1.165, 1.54) is 10.8 Å². The number of hydrogen-bond acceptors (Lipinski definition) is 7. The van der Waals surface area contributed by atoms with Gasteiger partial charge in [0.2, 0.25) is 0 Å². The lowest BCUT2D eigenvalue weighted by Gasteiger charge is -2.22. The molecule has 0 fully saturated rings. The lowest BCUT2D eigenvalue weighted by atomic mass is 10.00. The van der Waals surface area contributed by atoms with Crippen molar-refractivity contribution < 1.29 is 14.6 Å². The Bertz CT molecular complexity index is 1140. The van der Waals surface area contributed by atoms with E-state index < -0.39 is 23.2 Å². The zero-order valence-corrected chi connectivity index (χ0v) is 17.4. The van der Waals surface area contributed by atoms with Crippen LogP contribution in [0.1, 0.15) is 34.1 Å². The number of H-pyrrole nitrogens is 1. The van der Waals surface area contributed by atoms with E-state index in [4.69, 9.17) is 10.1 Å². The van der Waals surface area contributed by atoms with Gasteiger partial charge in [-0.15, -0.1) is 0 Å². The Morgan fingerprint density at radius 2 is 1.97 bits per heavy atom. The highest BCUT2D eigenvalue weighted by molar-refractivity contribution is 6.36. The minimum Gasteiger partial charge on any atom is -0.508 e. The minimum atomic E-state index is -0.705. The summed E-state index contributed by atoms with van der Waals surface area (Å²) in [5.74, 6) is -1.08. The second kappa shape index (κ2) is 8.10. The lowest BCUT2D eigenvalue weighted by molar-refractivity contribution is -0.146. The molecular formula is C21H25N5O4. The van der Waals surface area contributed by atoms with Crippen molar-refractivity contribution in [3.63, 3.8) is 0 Å². The Morgan fingerprint density at radius 3 is 2.57 bits per heavy atom. The van der Waals surface area contributed by atoms with E-state index in [9.17, 15) is 14.7 Å². The number of phenols is 1. The number of carbonyl (C=O) groups excluding carboxylic acids is 1. The van der Waals surface area contributed by atoms with E-state index in [1.54, 1.807) is 45.0 Å². The van der Waals surface area contributed by atoms with Gasteiger partial charge in [-0.2, -0.15) is 0 Å². The third-order valence-corrected chi connectivity index (χ3v) is 4.57. The fourth-order valence-electron chi connectivity index (χ4n) is 3.01. The summed E-state index contributed by atoms with van der Waals surface area (Å²) in [6.45, 7) is 7.16. The average molecular weight is 411 g/mol. The fourth-order valence-corrected chi connectivity index (χ4v) is 3.01. The molecular weight excluding hydrogens is 386 g/mol. The van der Waals surface area contributed by atoms with E-state index >= 15 is 0 Å². The largest absolute Gasteiger partial charge is 0.508 e. The zero-order valence-electron chi connectivity index (χ0n) is 17.4. The number of imidazole rings is 1. The number of nitrogens with one attached hydrogen (secondary N) is 2. The molecule has 0 saturated carbocycles. The van der Waals surface area contributed by atoms with Crippen molar-refractivity contribution in [1.82, 2.24) is 19.5 Å². The molecule has 2 heterocycles. The molecule has 0 aliphatic carbocycles. The predicted molar refractivity (Wildman–Crippen MR) is 113 cm³/mol. The molecule has 9 nitrogen and oxygen atoms in total. The molecule has 1 unspecified atom stereocenters. The van der Waals surface area contributed by atoms with Crippen LogP contribution in [0.25, 0.3) is 22.6 Å². The van der Waals surface area contributed by atoms with Gasteiger partial charge in [0.1, 0.15) is 17.1 Å². The maximum Gasteiger partial charge on any atom is 0.352 e. The van der Waals surface area contributed by atoms with Crippen LogP contribution in [0.15, 0.2) is 35.3 Å². The number of fused-ring (bicyclic) bond motifs is 1. The van der Waals surface area contributed by atoms with Crippen molar-refractivity contribution in [3.8, 4) is 17.0 Å². The molecule has 0 aliphatic rings. The maximum absolute atomic E-state index is 12.5. The van der Waals surface area contributed by atoms with Crippen LogP contribution in [-0.2, 0) is 16.1 Å². The molecule has 0 radical (unpaired) electrons. The monoisotopic (exact) mass is 411 g/mol. The molecule has 9 heteroatoms. The number of benzene rings is 1. The molecule has 0 amide bonds. The van der Waals surface area contributed by atoms with Crippen molar-refractivity contribution in [3.05, 3.63) is 40.9 Å². The second-order valence-electron chi connectivity index (χ2n) is 8.04. The first kappa shape index (κ1) is 21.2. The standard InChI is InChI=1S/C21H25N5O4/c1-5-12(16(22)19(28)30-21(2,3)4)11-26-18-17(25-20(26)29)23-10-15(24-18)13-6-8-14(27)9-7-13/h6-10,12,22,27H,5,11H2,1-4H3,(H,23,25,29). The van der Waals surface area contributed by atoms with Crippen LogP contribution >= 0.6 is 0 Å². The van der Waals surface area contributed by atoms with Gasteiger partial charge in [-0.05, 0) is 51.5 Å². The summed E-state index contributed by atoms with van der Waals surface area (Å²) in [6, 6.07) is 6.49. The van der Waals surface area contributed by atoms with Gasteiger partial charge >= 0.3 is 11.7 Å². The number of carbonyl (C=O) groups is 1. The highest BCUT2D eigenvalue weighted by Crippen LogP contribution is 2.21. The summed E-state index contributed by atoms with van der Waals surface area (Å²) in [5, 5.41) is 17.7. The van der Waals surface area contributed by atoms with Crippen molar-refractivity contribution in [2.24, 2.45) is 5.92 Å². The Balaban J connectivity index is 1.94. The topological polar surface area (TPSA) is 134 Å². The van der Waals surface area contributed by atoms with Gasteiger partial charge in [-0.1, -0.05) is 6.92 Å². The van der Waals surface area contributed by atoms with Gasteiger partial charge in [0.15, 0.2) is 11.3 Å². The van der Waals surface area contributed by atoms with Crippen molar-refractivity contribution in [2.45, 2.75) is 46.3 Å². The first-order chi connectivity index (χ1) is 14.1. The van der Waals surface area contributed by atoms with E-state index in [2.05, 4.69) is 15.0 Å². The first-order valence-electron chi connectivity index (χ1n) is 9.65. The number of rotatable bonds is 6. The molecule has 158 valence electrons. The highest BCUT2D eigenvalue weighted by Gasteiger charge is 2.27. The van der Waals surface area contributed by atoms with Crippen LogP contribution in [0.2, 0.25) is 0 Å². The summed E-state index contributed by atoms with van der Waals surface area (Å²) in [6.07, 6.45) is 2.01. The van der Waals surface area contributed by atoms with Gasteiger partial charge < -0.3 is 9.84 Å². The Labute approximate surface area is 173 Å². The number of phenolic OH excluding ortho intramolecular Hbond substituents is 1. The molecule has 0 bridgehead atoms. The number of esters is 1. The highest BCUT2D eigenvalue weighted by atomic mass is 16.6. The molecule has 2 aromatic heterocycles. The van der Waals surface area contributed by atoms with Crippen molar-refractivity contribution >= 4 is 23.0 Å². The third kappa shape index (κ3) is 4.56. The summed E-state index contributed by atoms with van der Waals surface area (Å²) in [7, 11) is 0. The summed E-state index contributed by atoms with van der Waals surface area (Å²) in [5.41, 5.74) is 0.618. The molecule has 0 aliphatic heterocycles. The number of nitrogens with zero attached hydrogens (tertiary/aromatic N) is 3. The van der Waals surface area contributed by atoms with Crippen LogP contribution in [-0.4, -0.2) is 41.9 Å². The van der Waals surface area contributed by atoms with E-state index in [0.29, 0.717) is 23.4 Å². The number of aromatic amines is 1. The molecule has 3 aromatic rings. The molecule has 30 heavy (non-hydrogen) atoms. The third-order valence-electron chi connectivity index (χ3n) is 4.57. The first-order valence-corrected chi connectivity index (χ1v) is 9.65. The minimum absolute atomic E-state index is 0.0983. The maximum atomic E-state index is 12.5. The van der Waals surface area contributed by atoms with Crippen LogP contribution in [0.3, 0.4) is 0 Å². The number of hydrogen-bond donors (Lipinski definition) is 3. The fraction of sp³-hybridized carbons (Fsp3) is 0.381. The summed E-state index contributed by atoms with van der Waals surface area (Å²) in [4.78, 5) is 36.3. The molecule has 1 aromatic carbocycles. The Kier molecular flexibility index (Phi) is 5.73. The van der Waals surface area contributed by atoms with Gasteiger partial charge in [0.05, 0.1) is 11.9 Å². The Morgan fingerprint density at radius 1 is 1.30 bits per heavy atom. The number of aromatic hydroxyl groups is 1. The SMILES string of the molecule is CCC(Cn1c(=O)[nH]c2ncc(-c3ccc(O)cc3)nc21)C(=N)C(=O)OC(C)(C)C. The molecule has 1 atom stereocenters. The number of ether oxygens (including phenoxy) is 1. The molecule has 0 saturated heterocycles. The van der Waals surface area contributed by atoms with Crippen LogP contribution < -0.4 is 5.69 Å². The van der Waals surface area contributed by atoms with Gasteiger partial charge in [-0.3, -0.25) is 15.0 Å². The van der Waals surface area contributed by atoms with Crippen LogP contribution in [0.5, 0.6) is 5.75 Å². The van der Waals surface area contributed by atoms with Gasteiger partial charge in [0.25, 0.3) is 0 Å². The number of aromatic nitrogens is 4.